The summed E-state index contributed by atoms with van der Waals surface area (Å²) >= 11 is 0. The Kier molecular flexibility index (Phi) is 3.78. The van der Waals surface area contributed by atoms with Gasteiger partial charge < -0.3 is 10.1 Å². The molecule has 0 radical (unpaired) electrons. The molecule has 0 saturated carbocycles. The molecule has 0 atom stereocenters. The van der Waals surface area contributed by atoms with Crippen LogP contribution in [0.15, 0.2) is 12.1 Å². The fourth-order valence-electron chi connectivity index (χ4n) is 1.08. The smallest absolute Gasteiger partial charge is 0.322 e. The van der Waals surface area contributed by atoms with Crippen LogP contribution >= 0.6 is 0 Å². The van der Waals surface area contributed by atoms with Crippen LogP contribution in [0.3, 0.4) is 0 Å². The van der Waals surface area contributed by atoms with Gasteiger partial charge in [0, 0.05) is 18.2 Å². The summed E-state index contributed by atoms with van der Waals surface area (Å²) in [5.74, 6) is -2.56. The van der Waals surface area contributed by atoms with Gasteiger partial charge in [0.2, 0.25) is 0 Å². The number of benzene rings is 1. The molecule has 0 unspecified atom stereocenters. The molecule has 0 fully saturated rings. The average Bonchev–Trinajstić information content (AvgIpc) is 2.29. The summed E-state index contributed by atoms with van der Waals surface area (Å²) in [5.41, 5.74) is -0.0538. The van der Waals surface area contributed by atoms with Crippen LogP contribution in [0, 0.1) is 23.0 Å². The van der Waals surface area contributed by atoms with Crippen LogP contribution < -0.4 is 10.1 Å². The van der Waals surface area contributed by atoms with Crippen LogP contribution in [-0.2, 0) is 11.3 Å². The fourth-order valence-corrected chi connectivity index (χ4v) is 1.08. The number of hydrogen-bond donors (Lipinski definition) is 1. The third-order valence-electron chi connectivity index (χ3n) is 1.86. The summed E-state index contributed by atoms with van der Waals surface area (Å²) in [7, 11) is 1.22. The van der Waals surface area contributed by atoms with Gasteiger partial charge in [-0.3, -0.25) is 4.79 Å². The number of halogens is 2. The quantitative estimate of drug-likeness (QED) is 0.785. The Balaban J connectivity index is 2.86. The normalized spacial score (nSPS) is 9.38. The Labute approximate surface area is 90.4 Å². The van der Waals surface area contributed by atoms with E-state index in [2.05, 4.69) is 10.1 Å². The highest BCUT2D eigenvalue weighted by molar-refractivity contribution is 5.91. The number of ether oxygens (including phenoxy) is 1. The topological polar surface area (TPSA) is 62.1 Å². The number of hydrogen-bond acceptors (Lipinski definition) is 3. The van der Waals surface area contributed by atoms with E-state index >= 15 is 0 Å². The van der Waals surface area contributed by atoms with E-state index in [1.54, 1.807) is 0 Å². The van der Waals surface area contributed by atoms with Crippen molar-refractivity contribution in [2.75, 3.05) is 7.11 Å². The van der Waals surface area contributed by atoms with Crippen molar-refractivity contribution in [1.82, 2.24) is 5.32 Å². The number of nitrogens with one attached hydrogen (secondary N) is 1. The van der Waals surface area contributed by atoms with Gasteiger partial charge in [-0.15, -0.1) is 0 Å². The molecule has 1 aromatic rings. The van der Waals surface area contributed by atoms with Gasteiger partial charge >= 0.3 is 5.91 Å². The molecule has 84 valence electrons. The first-order valence-electron chi connectivity index (χ1n) is 4.28. The lowest BCUT2D eigenvalue weighted by atomic mass is 10.2. The number of nitriles is 1. The van der Waals surface area contributed by atoms with Crippen molar-refractivity contribution in [2.45, 2.75) is 6.54 Å². The molecule has 1 amide bonds. The third kappa shape index (κ3) is 2.67. The molecule has 0 heterocycles. The fraction of sp³-hybridized carbons (Fsp3) is 0.200. The summed E-state index contributed by atoms with van der Waals surface area (Å²) < 4.78 is 31.0. The minimum Gasteiger partial charge on any atom is -0.494 e. The van der Waals surface area contributed by atoms with Crippen LogP contribution in [0.1, 0.15) is 5.56 Å². The zero-order valence-corrected chi connectivity index (χ0v) is 8.38. The van der Waals surface area contributed by atoms with Gasteiger partial charge in [0.25, 0.3) is 0 Å². The second kappa shape index (κ2) is 5.07. The van der Waals surface area contributed by atoms with Crippen molar-refractivity contribution in [3.63, 3.8) is 0 Å². The summed E-state index contributed by atoms with van der Waals surface area (Å²) in [4.78, 5) is 10.6. The van der Waals surface area contributed by atoms with E-state index in [0.29, 0.717) is 0 Å². The maximum Gasteiger partial charge on any atom is 0.322 e. The van der Waals surface area contributed by atoms with E-state index < -0.39 is 17.5 Å². The summed E-state index contributed by atoms with van der Waals surface area (Å²) in [6.07, 6.45) is 0. The van der Waals surface area contributed by atoms with Gasteiger partial charge in [0.1, 0.15) is 5.82 Å². The largest absolute Gasteiger partial charge is 0.494 e. The molecule has 0 spiro atoms. The van der Waals surface area contributed by atoms with Gasteiger partial charge in [-0.2, -0.15) is 5.26 Å². The Hall–Kier alpha value is -2.16. The van der Waals surface area contributed by atoms with Gasteiger partial charge in [0.05, 0.1) is 7.11 Å². The van der Waals surface area contributed by atoms with Crippen LogP contribution in [0.2, 0.25) is 0 Å². The van der Waals surface area contributed by atoms with E-state index in [9.17, 15) is 13.6 Å². The van der Waals surface area contributed by atoms with Crippen molar-refractivity contribution in [3.05, 3.63) is 29.3 Å². The molecule has 1 aromatic carbocycles. The summed E-state index contributed by atoms with van der Waals surface area (Å²) in [6.45, 7) is -0.251. The molecular formula is C10H8F2N2O2. The number of carbonyl (C=O) groups is 1. The highest BCUT2D eigenvalue weighted by Gasteiger charge is 2.10. The van der Waals surface area contributed by atoms with Crippen molar-refractivity contribution in [1.29, 1.82) is 5.26 Å². The van der Waals surface area contributed by atoms with Crippen LogP contribution in [0.5, 0.6) is 5.75 Å². The minimum atomic E-state index is -0.907. The Morgan fingerprint density at radius 2 is 2.19 bits per heavy atom. The number of nitrogens with zero attached hydrogens (tertiary/aromatic N) is 1. The molecule has 4 nitrogen and oxygen atoms in total. The Bertz CT molecular complexity index is 455. The molecule has 1 rings (SSSR count). The number of methoxy groups -OCH3 is 1. The van der Waals surface area contributed by atoms with Crippen LogP contribution in [-0.4, -0.2) is 13.0 Å². The van der Waals surface area contributed by atoms with Gasteiger partial charge in [-0.05, 0) is 6.07 Å². The van der Waals surface area contributed by atoms with Gasteiger partial charge in [-0.25, -0.2) is 8.78 Å². The van der Waals surface area contributed by atoms with Crippen molar-refractivity contribution in [2.24, 2.45) is 0 Å². The maximum absolute atomic E-state index is 13.3. The van der Waals surface area contributed by atoms with Gasteiger partial charge in [-0.1, -0.05) is 0 Å². The summed E-state index contributed by atoms with van der Waals surface area (Å²) in [6, 6.07) is 3.09. The van der Waals surface area contributed by atoms with Crippen molar-refractivity contribution in [3.8, 4) is 11.8 Å². The van der Waals surface area contributed by atoms with Crippen molar-refractivity contribution < 1.29 is 18.3 Å². The Morgan fingerprint density at radius 1 is 1.50 bits per heavy atom. The molecule has 0 aliphatic heterocycles. The molecule has 0 aliphatic rings. The van der Waals surface area contributed by atoms with E-state index in [4.69, 9.17) is 5.26 Å². The lowest BCUT2D eigenvalue weighted by Crippen LogP contribution is -2.21. The Morgan fingerprint density at radius 3 is 2.75 bits per heavy atom. The standard InChI is InChI=1S/C10H8F2N2O2/c1-16-9-3-7(11)6(2-8(9)12)5-14-10(15)4-13/h2-3H,5H2,1H3,(H,14,15). The predicted octanol–water partition coefficient (Wildman–Crippen LogP) is 1.11. The maximum atomic E-state index is 13.3. The predicted molar refractivity (Wildman–Crippen MR) is 50.4 cm³/mol. The molecule has 0 bridgehead atoms. The minimum absolute atomic E-state index is 0.0538. The lowest BCUT2D eigenvalue weighted by molar-refractivity contribution is -0.116. The zero-order valence-electron chi connectivity index (χ0n) is 8.38. The monoisotopic (exact) mass is 226 g/mol. The summed E-state index contributed by atoms with van der Waals surface area (Å²) in [5, 5.41) is 10.3. The molecule has 1 N–H and O–H groups in total. The van der Waals surface area contributed by atoms with E-state index in [1.807, 2.05) is 0 Å². The van der Waals surface area contributed by atoms with Crippen LogP contribution in [0.25, 0.3) is 0 Å². The second-order valence-corrected chi connectivity index (χ2v) is 2.87. The molecule has 0 aromatic heterocycles. The molecule has 0 saturated heterocycles. The lowest BCUT2D eigenvalue weighted by Gasteiger charge is -2.06. The highest BCUT2D eigenvalue weighted by atomic mass is 19.1. The van der Waals surface area contributed by atoms with Crippen molar-refractivity contribution >= 4 is 5.91 Å². The highest BCUT2D eigenvalue weighted by Crippen LogP contribution is 2.20. The van der Waals surface area contributed by atoms with E-state index in [1.165, 1.54) is 13.2 Å². The molecular weight excluding hydrogens is 218 g/mol. The average molecular weight is 226 g/mol. The SMILES string of the molecule is COc1cc(F)c(CNC(=O)C#N)cc1F. The number of amides is 1. The molecule has 6 heteroatoms. The van der Waals surface area contributed by atoms with Gasteiger partial charge in [0.15, 0.2) is 17.6 Å². The van der Waals surface area contributed by atoms with E-state index in [0.717, 1.165) is 12.1 Å². The first kappa shape index (κ1) is 11.9. The molecule has 0 aliphatic carbocycles. The first-order chi connectivity index (χ1) is 7.58. The first-order valence-corrected chi connectivity index (χ1v) is 4.28. The number of carbonyl (C=O) groups excluding carboxylic acids is 1. The zero-order chi connectivity index (χ0) is 12.1. The molecule has 16 heavy (non-hydrogen) atoms. The van der Waals surface area contributed by atoms with Crippen LogP contribution in [0.4, 0.5) is 8.78 Å². The third-order valence-corrected chi connectivity index (χ3v) is 1.86. The number of rotatable bonds is 3. The van der Waals surface area contributed by atoms with E-state index in [-0.39, 0.29) is 17.9 Å². The second-order valence-electron chi connectivity index (χ2n) is 2.87.